The SMILES string of the molecule is CC(C)(C)c1cc(O)c(O)c(CN2CCOCC2)c1.CC(C)(C)c1ccc(O)c(O)c1.CN(C)Cc1cc(C(C)(C)C)cc(O)c1O.Cc1cc(C(C)(C)C)cc(O)c1O.I. The van der Waals surface area contributed by atoms with Gasteiger partial charge in [-0.2, -0.15) is 0 Å². The fourth-order valence-electron chi connectivity index (χ4n) is 5.99. The highest BCUT2D eigenvalue weighted by Gasteiger charge is 2.22. The second-order valence-electron chi connectivity index (χ2n) is 20.0. The number of phenolic OH excluding ortho intramolecular Hbond substituents is 8. The molecule has 0 aliphatic carbocycles. The van der Waals surface area contributed by atoms with Crippen LogP contribution >= 0.6 is 24.0 Å². The maximum absolute atomic E-state index is 10.0. The quantitative estimate of drug-likeness (QED) is 0.0721. The average Bonchev–Trinajstić information content (AvgIpc) is 3.11. The number of morpholine rings is 1. The number of ether oxygens (including phenoxy) is 1. The van der Waals surface area contributed by atoms with Gasteiger partial charge >= 0.3 is 0 Å². The Balaban J connectivity index is 0.000000411. The molecule has 1 fully saturated rings. The van der Waals surface area contributed by atoms with Crippen molar-refractivity contribution in [2.24, 2.45) is 0 Å². The minimum Gasteiger partial charge on any atom is -0.504 e. The maximum atomic E-state index is 10.0. The van der Waals surface area contributed by atoms with E-state index in [1.165, 1.54) is 6.07 Å². The average molecular weight is 963 g/mol. The number of phenols is 8. The predicted molar refractivity (Wildman–Crippen MR) is 258 cm³/mol. The second kappa shape index (κ2) is 22.3. The van der Waals surface area contributed by atoms with Gasteiger partial charge in [-0.15, -0.1) is 24.0 Å². The van der Waals surface area contributed by atoms with E-state index < -0.39 is 0 Å². The van der Waals surface area contributed by atoms with Crippen LogP contribution < -0.4 is 0 Å². The standard InChI is InChI=1S/C15H23NO3.C13H21NO2.C11H16O2.C10H14O2.HI/c1-15(2,3)12-8-11(14(18)13(17)9-12)10-16-4-6-19-7-5-16;1-13(2,3)10-6-9(8-14(4)5)12(16)11(15)7-10;1-7-5-8(11(2,3)4)6-9(12)10(7)13;1-10(2,3)7-4-5-8(11)9(12)6-7;/h8-9,17-18H,4-7,10H2,1-3H3;6-7,15-16H,8H2,1-5H3;5-6,12-13H,1-4H3;4-6,11-12H,1-3H3;1H. The molecule has 0 saturated carbocycles. The summed E-state index contributed by atoms with van der Waals surface area (Å²) in [6.45, 7) is 31.1. The first-order chi connectivity index (χ1) is 27.3. The van der Waals surface area contributed by atoms with Gasteiger partial charge in [0.1, 0.15) is 0 Å². The van der Waals surface area contributed by atoms with E-state index in [1.54, 1.807) is 31.2 Å². The lowest BCUT2D eigenvalue weighted by molar-refractivity contribution is 0.0338. The smallest absolute Gasteiger partial charge is 0.162 e. The molecule has 0 aromatic heterocycles. The Labute approximate surface area is 382 Å². The van der Waals surface area contributed by atoms with Crippen LogP contribution in [0.1, 0.15) is 122 Å². The fourth-order valence-corrected chi connectivity index (χ4v) is 5.99. The van der Waals surface area contributed by atoms with Crippen molar-refractivity contribution in [2.75, 3.05) is 40.4 Å². The summed E-state index contributed by atoms with van der Waals surface area (Å²) in [4.78, 5) is 4.19. The summed E-state index contributed by atoms with van der Waals surface area (Å²) >= 11 is 0. The third-order valence-electron chi connectivity index (χ3n) is 10.0. The largest absolute Gasteiger partial charge is 0.504 e. The van der Waals surface area contributed by atoms with E-state index in [-0.39, 0.29) is 91.6 Å². The van der Waals surface area contributed by atoms with Crippen LogP contribution in [-0.2, 0) is 39.5 Å². The monoisotopic (exact) mass is 962 g/mol. The van der Waals surface area contributed by atoms with Gasteiger partial charge in [0.2, 0.25) is 0 Å². The van der Waals surface area contributed by atoms with Crippen molar-refractivity contribution in [1.29, 1.82) is 0 Å². The molecule has 0 unspecified atom stereocenters. The molecule has 4 aromatic rings. The van der Waals surface area contributed by atoms with Crippen molar-refractivity contribution < 1.29 is 45.6 Å². The molecule has 12 heteroatoms. The third-order valence-corrected chi connectivity index (χ3v) is 10.0. The van der Waals surface area contributed by atoms with Gasteiger partial charge in [-0.25, -0.2) is 0 Å². The third kappa shape index (κ3) is 17.3. The first-order valence-corrected chi connectivity index (χ1v) is 20.4. The number of benzene rings is 4. The summed E-state index contributed by atoms with van der Waals surface area (Å²) in [5.74, 6) is -0.260. The van der Waals surface area contributed by atoms with Gasteiger partial charge in [-0.05, 0) is 101 Å². The number of hydrogen-bond acceptors (Lipinski definition) is 11. The van der Waals surface area contributed by atoms with Crippen LogP contribution in [0.15, 0.2) is 54.6 Å². The Morgan fingerprint density at radius 1 is 0.492 bits per heavy atom. The maximum Gasteiger partial charge on any atom is 0.162 e. The van der Waals surface area contributed by atoms with Crippen LogP contribution in [-0.4, -0.2) is 91.1 Å². The van der Waals surface area contributed by atoms with E-state index in [0.29, 0.717) is 18.7 Å². The van der Waals surface area contributed by atoms with Gasteiger partial charge in [0.05, 0.1) is 13.2 Å². The van der Waals surface area contributed by atoms with E-state index in [9.17, 15) is 35.7 Å². The molecule has 1 heterocycles. The predicted octanol–water partition coefficient (Wildman–Crippen LogP) is 10.4. The van der Waals surface area contributed by atoms with E-state index in [1.807, 2.05) is 43.3 Å². The van der Waals surface area contributed by atoms with Crippen LogP contribution in [0.4, 0.5) is 0 Å². The summed E-state index contributed by atoms with van der Waals surface area (Å²) in [5.41, 5.74) is 6.27. The van der Waals surface area contributed by atoms with Crippen LogP contribution in [0, 0.1) is 6.92 Å². The second-order valence-corrected chi connectivity index (χ2v) is 20.0. The van der Waals surface area contributed by atoms with Gasteiger partial charge in [-0.3, -0.25) is 4.90 Å². The Morgan fingerprint density at radius 3 is 1.26 bits per heavy atom. The van der Waals surface area contributed by atoms with Gasteiger partial charge < -0.3 is 50.5 Å². The molecule has 0 amide bonds. The molecule has 61 heavy (non-hydrogen) atoms. The molecule has 0 spiro atoms. The molecule has 8 N–H and O–H groups in total. The van der Waals surface area contributed by atoms with E-state index in [2.05, 4.69) is 88.0 Å². The summed E-state index contributed by atoms with van der Waals surface area (Å²) < 4.78 is 5.32. The van der Waals surface area contributed by atoms with Gasteiger partial charge in [-0.1, -0.05) is 107 Å². The highest BCUT2D eigenvalue weighted by molar-refractivity contribution is 14.0. The highest BCUT2D eigenvalue weighted by Crippen LogP contribution is 2.38. The van der Waals surface area contributed by atoms with Crippen LogP contribution in [0.3, 0.4) is 0 Å². The molecular formula is C49H75IN2O9. The zero-order valence-electron chi connectivity index (χ0n) is 39.2. The van der Waals surface area contributed by atoms with Crippen LogP contribution in [0.2, 0.25) is 0 Å². The van der Waals surface area contributed by atoms with Gasteiger partial charge in [0, 0.05) is 37.3 Å². The number of nitrogens with zero attached hydrogens (tertiary/aromatic N) is 2. The van der Waals surface area contributed by atoms with Crippen LogP contribution in [0.25, 0.3) is 0 Å². The summed E-state index contributed by atoms with van der Waals surface area (Å²) in [5, 5.41) is 76.4. The number of aryl methyl sites for hydroxylation is 1. The molecule has 4 aromatic carbocycles. The minimum atomic E-state index is -0.0667. The molecule has 5 rings (SSSR count). The molecule has 1 saturated heterocycles. The normalized spacial score (nSPS) is 13.4. The Hall–Kier alpha value is -4.11. The van der Waals surface area contributed by atoms with Crippen molar-refractivity contribution in [2.45, 2.75) is 125 Å². The zero-order valence-corrected chi connectivity index (χ0v) is 41.6. The van der Waals surface area contributed by atoms with Gasteiger partial charge in [0.15, 0.2) is 46.0 Å². The first-order valence-electron chi connectivity index (χ1n) is 20.4. The summed E-state index contributed by atoms with van der Waals surface area (Å²) in [6, 6.07) is 15.7. The van der Waals surface area contributed by atoms with Crippen molar-refractivity contribution in [3.8, 4) is 46.0 Å². The fraction of sp³-hybridized carbons (Fsp3) is 0.510. The Morgan fingerprint density at radius 2 is 0.869 bits per heavy atom. The number of halogens is 1. The van der Waals surface area contributed by atoms with Crippen molar-refractivity contribution >= 4 is 24.0 Å². The molecule has 0 bridgehead atoms. The van der Waals surface area contributed by atoms with Crippen molar-refractivity contribution in [3.63, 3.8) is 0 Å². The minimum absolute atomic E-state index is 0. The van der Waals surface area contributed by atoms with E-state index in [4.69, 9.17) is 9.84 Å². The van der Waals surface area contributed by atoms with Crippen molar-refractivity contribution in [3.05, 3.63) is 93.5 Å². The van der Waals surface area contributed by atoms with Crippen LogP contribution in [0.5, 0.6) is 46.0 Å². The van der Waals surface area contributed by atoms with E-state index >= 15 is 0 Å². The summed E-state index contributed by atoms with van der Waals surface area (Å²) in [7, 11) is 3.86. The molecule has 0 atom stereocenters. The molecular weight excluding hydrogens is 887 g/mol. The Bertz CT molecular complexity index is 1990. The zero-order chi connectivity index (χ0) is 46.1. The number of rotatable bonds is 4. The highest BCUT2D eigenvalue weighted by atomic mass is 127. The topological polar surface area (TPSA) is 178 Å². The number of aromatic hydroxyl groups is 8. The molecule has 1 aliphatic rings. The molecule has 342 valence electrons. The molecule has 1 aliphatic heterocycles. The van der Waals surface area contributed by atoms with Gasteiger partial charge in [0.25, 0.3) is 0 Å². The summed E-state index contributed by atoms with van der Waals surface area (Å²) in [6.07, 6.45) is 0. The first kappa shape index (κ1) is 54.9. The Kier molecular flexibility index (Phi) is 20.1. The van der Waals surface area contributed by atoms with Crippen molar-refractivity contribution in [1.82, 2.24) is 9.80 Å². The molecule has 0 radical (unpaired) electrons. The molecule has 11 nitrogen and oxygen atoms in total. The lowest BCUT2D eigenvalue weighted by Gasteiger charge is -2.28. The lowest BCUT2D eigenvalue weighted by atomic mass is 9.85. The number of hydrogen-bond donors (Lipinski definition) is 8. The van der Waals surface area contributed by atoms with E-state index in [0.717, 1.165) is 59.7 Å². The lowest BCUT2D eigenvalue weighted by Crippen LogP contribution is -2.35.